The lowest BCUT2D eigenvalue weighted by Gasteiger charge is -2.26. The van der Waals surface area contributed by atoms with Gasteiger partial charge in [0.2, 0.25) is 10.0 Å². The largest absolute Gasteiger partial charge is 0.351 e. The molecular weight excluding hydrogens is 324 g/mol. The summed E-state index contributed by atoms with van der Waals surface area (Å²) in [6, 6.07) is 6.66. The number of nitrogens with one attached hydrogen (secondary N) is 1. The molecule has 1 aromatic rings. The maximum absolute atomic E-state index is 12.0. The summed E-state index contributed by atoms with van der Waals surface area (Å²) < 4.78 is 25.3. The van der Waals surface area contributed by atoms with E-state index >= 15 is 0 Å². The van der Waals surface area contributed by atoms with E-state index in [4.69, 9.17) is 11.6 Å². The molecule has 1 N–H and O–H groups in total. The van der Waals surface area contributed by atoms with E-state index in [2.05, 4.69) is 5.32 Å². The van der Waals surface area contributed by atoms with Crippen molar-refractivity contribution in [2.24, 2.45) is 0 Å². The van der Waals surface area contributed by atoms with E-state index in [1.165, 1.54) is 10.6 Å². The Kier molecular flexibility index (Phi) is 5.83. The van der Waals surface area contributed by atoms with E-state index < -0.39 is 10.0 Å². The molecule has 0 unspecified atom stereocenters. The minimum absolute atomic E-state index is 0.0717. The highest BCUT2D eigenvalue weighted by molar-refractivity contribution is 7.88. The summed E-state index contributed by atoms with van der Waals surface area (Å²) in [6.45, 7) is 0.605. The summed E-state index contributed by atoms with van der Waals surface area (Å²) in [4.78, 5) is 12.0. The molecule has 0 aromatic heterocycles. The molecule has 0 saturated heterocycles. The third kappa shape index (κ3) is 4.69. The topological polar surface area (TPSA) is 66.5 Å². The molecule has 1 aromatic carbocycles. The van der Waals surface area contributed by atoms with Crippen molar-refractivity contribution in [1.82, 2.24) is 9.62 Å². The fourth-order valence-corrected chi connectivity index (χ4v) is 4.10. The van der Waals surface area contributed by atoms with Crippen LogP contribution in [0.1, 0.15) is 36.0 Å². The second-order valence-electron chi connectivity index (χ2n) is 5.57. The van der Waals surface area contributed by atoms with E-state index in [9.17, 15) is 13.2 Å². The lowest BCUT2D eigenvalue weighted by atomic mass is 10.2. The molecule has 1 fully saturated rings. The Bertz CT molecular complexity index is 610. The second-order valence-corrected chi connectivity index (χ2v) is 7.95. The number of halogens is 1. The normalized spacial score (nSPS) is 16.1. The van der Waals surface area contributed by atoms with Crippen LogP contribution in [-0.2, 0) is 10.0 Å². The van der Waals surface area contributed by atoms with Gasteiger partial charge in [0.05, 0.1) is 6.26 Å². The van der Waals surface area contributed by atoms with Crippen molar-refractivity contribution in [1.29, 1.82) is 0 Å². The zero-order chi connectivity index (χ0) is 16.2. The lowest BCUT2D eigenvalue weighted by Crippen LogP contribution is -2.43. The van der Waals surface area contributed by atoms with Gasteiger partial charge in [-0.2, -0.15) is 4.31 Å². The fourth-order valence-electron chi connectivity index (χ4n) is 2.79. The zero-order valence-electron chi connectivity index (χ0n) is 12.6. The Balaban J connectivity index is 1.90. The molecule has 22 heavy (non-hydrogen) atoms. The average Bonchev–Trinajstić information content (AvgIpc) is 2.96. The summed E-state index contributed by atoms with van der Waals surface area (Å²) in [6.07, 6.45) is 5.16. The van der Waals surface area contributed by atoms with E-state index in [0.717, 1.165) is 25.7 Å². The van der Waals surface area contributed by atoms with E-state index in [1.54, 1.807) is 24.3 Å². The van der Waals surface area contributed by atoms with E-state index in [0.29, 0.717) is 23.7 Å². The SMILES string of the molecule is CS(=O)(=O)N(CCNC(=O)c1ccc(Cl)cc1)C1CCCC1. The zero-order valence-corrected chi connectivity index (χ0v) is 14.2. The van der Waals surface area contributed by atoms with Crippen molar-refractivity contribution < 1.29 is 13.2 Å². The van der Waals surface area contributed by atoms with Crippen LogP contribution in [0.25, 0.3) is 0 Å². The number of amides is 1. The first-order chi connectivity index (χ1) is 10.4. The van der Waals surface area contributed by atoms with Crippen LogP contribution in [0.4, 0.5) is 0 Å². The predicted octanol–water partition coefficient (Wildman–Crippen LogP) is 2.27. The van der Waals surface area contributed by atoms with Gasteiger partial charge in [-0.3, -0.25) is 4.79 Å². The molecule has 0 aliphatic heterocycles. The molecule has 1 aliphatic rings. The number of rotatable bonds is 6. The molecule has 0 bridgehead atoms. The van der Waals surface area contributed by atoms with Crippen molar-refractivity contribution in [2.75, 3.05) is 19.3 Å². The van der Waals surface area contributed by atoms with Gasteiger partial charge in [0.15, 0.2) is 0 Å². The third-order valence-corrected chi connectivity index (χ3v) is 5.47. The van der Waals surface area contributed by atoms with Crippen LogP contribution in [0, 0.1) is 0 Å². The predicted molar refractivity (Wildman–Crippen MR) is 87.6 cm³/mol. The standard InChI is InChI=1S/C15H21ClN2O3S/c1-22(20,21)18(14-4-2-3-5-14)11-10-17-15(19)12-6-8-13(16)9-7-12/h6-9,14H,2-5,10-11H2,1H3,(H,17,19). The molecule has 0 atom stereocenters. The van der Waals surface area contributed by atoms with Crippen molar-refractivity contribution in [2.45, 2.75) is 31.7 Å². The third-order valence-electron chi connectivity index (χ3n) is 3.88. The van der Waals surface area contributed by atoms with Gasteiger partial charge in [0.1, 0.15) is 0 Å². The van der Waals surface area contributed by atoms with Crippen LogP contribution in [-0.4, -0.2) is 44.0 Å². The number of hydrogen-bond acceptors (Lipinski definition) is 3. The summed E-state index contributed by atoms with van der Waals surface area (Å²) in [7, 11) is -3.25. The number of carbonyl (C=O) groups excluding carboxylic acids is 1. The van der Waals surface area contributed by atoms with Gasteiger partial charge >= 0.3 is 0 Å². The molecule has 122 valence electrons. The van der Waals surface area contributed by atoms with Crippen LogP contribution in [0.15, 0.2) is 24.3 Å². The Morgan fingerprint density at radius 1 is 1.27 bits per heavy atom. The van der Waals surface area contributed by atoms with E-state index in [-0.39, 0.29) is 11.9 Å². The summed E-state index contributed by atoms with van der Waals surface area (Å²) in [5.74, 6) is -0.225. The average molecular weight is 345 g/mol. The first-order valence-corrected chi connectivity index (χ1v) is 9.61. The number of nitrogens with zero attached hydrogens (tertiary/aromatic N) is 1. The number of benzene rings is 1. The highest BCUT2D eigenvalue weighted by Gasteiger charge is 2.28. The summed E-state index contributed by atoms with van der Waals surface area (Å²) >= 11 is 5.78. The van der Waals surface area contributed by atoms with Gasteiger partial charge in [0.25, 0.3) is 5.91 Å². The van der Waals surface area contributed by atoms with Crippen LogP contribution >= 0.6 is 11.6 Å². The molecule has 1 aliphatic carbocycles. The number of carbonyl (C=O) groups is 1. The molecule has 1 amide bonds. The van der Waals surface area contributed by atoms with Crippen molar-refractivity contribution in [3.05, 3.63) is 34.9 Å². The first kappa shape index (κ1) is 17.2. The first-order valence-electron chi connectivity index (χ1n) is 7.38. The smallest absolute Gasteiger partial charge is 0.251 e. The van der Waals surface area contributed by atoms with Gasteiger partial charge < -0.3 is 5.32 Å². The monoisotopic (exact) mass is 344 g/mol. The molecule has 1 saturated carbocycles. The Labute approximate surface area is 136 Å². The summed E-state index contributed by atoms with van der Waals surface area (Å²) in [5, 5.41) is 3.33. The van der Waals surface area contributed by atoms with Crippen LogP contribution < -0.4 is 5.32 Å². The Morgan fingerprint density at radius 3 is 2.41 bits per heavy atom. The van der Waals surface area contributed by atoms with E-state index in [1.807, 2.05) is 0 Å². The minimum atomic E-state index is -3.25. The Morgan fingerprint density at radius 2 is 1.86 bits per heavy atom. The van der Waals surface area contributed by atoms with Gasteiger partial charge in [-0.25, -0.2) is 8.42 Å². The van der Waals surface area contributed by atoms with Crippen molar-refractivity contribution in [3.63, 3.8) is 0 Å². The van der Waals surface area contributed by atoms with Gasteiger partial charge in [0, 0.05) is 29.7 Å². The quantitative estimate of drug-likeness (QED) is 0.860. The molecule has 2 rings (SSSR count). The second kappa shape index (κ2) is 7.44. The molecule has 0 radical (unpaired) electrons. The van der Waals surface area contributed by atoms with Gasteiger partial charge in [-0.15, -0.1) is 0 Å². The van der Waals surface area contributed by atoms with Crippen LogP contribution in [0.2, 0.25) is 5.02 Å². The number of hydrogen-bond donors (Lipinski definition) is 1. The molecular formula is C15H21ClN2O3S. The summed E-state index contributed by atoms with van der Waals surface area (Å²) in [5.41, 5.74) is 0.510. The highest BCUT2D eigenvalue weighted by Crippen LogP contribution is 2.24. The maximum Gasteiger partial charge on any atom is 0.251 e. The maximum atomic E-state index is 12.0. The highest BCUT2D eigenvalue weighted by atomic mass is 35.5. The fraction of sp³-hybridized carbons (Fsp3) is 0.533. The van der Waals surface area contributed by atoms with Crippen molar-refractivity contribution >= 4 is 27.5 Å². The molecule has 0 spiro atoms. The van der Waals surface area contributed by atoms with Gasteiger partial charge in [-0.05, 0) is 37.1 Å². The molecule has 0 heterocycles. The number of sulfonamides is 1. The Hall–Kier alpha value is -1.11. The lowest BCUT2D eigenvalue weighted by molar-refractivity contribution is 0.0950. The van der Waals surface area contributed by atoms with Crippen LogP contribution in [0.3, 0.4) is 0 Å². The molecule has 7 heteroatoms. The minimum Gasteiger partial charge on any atom is -0.351 e. The van der Waals surface area contributed by atoms with Crippen molar-refractivity contribution in [3.8, 4) is 0 Å². The van der Waals surface area contributed by atoms with Gasteiger partial charge in [-0.1, -0.05) is 24.4 Å². The van der Waals surface area contributed by atoms with Crippen LogP contribution in [0.5, 0.6) is 0 Å². The molecule has 5 nitrogen and oxygen atoms in total.